The fraction of sp³-hybridized carbons (Fsp3) is 0.105. The van der Waals surface area contributed by atoms with Gasteiger partial charge in [0.2, 0.25) is 5.95 Å². The molecule has 4 aromatic heterocycles. The van der Waals surface area contributed by atoms with Gasteiger partial charge >= 0.3 is 11.9 Å². The smallest absolute Gasteiger partial charge is 0.303 e. The van der Waals surface area contributed by atoms with Gasteiger partial charge in [-0.1, -0.05) is 6.07 Å². The highest BCUT2D eigenvalue weighted by atomic mass is 19.4. The Morgan fingerprint density at radius 3 is 2.73 bits per heavy atom. The van der Waals surface area contributed by atoms with Crippen molar-refractivity contribution in [2.75, 3.05) is 0 Å². The van der Waals surface area contributed by atoms with Crippen LogP contribution in [-0.2, 0) is 12.7 Å². The minimum Gasteiger partial charge on any atom is -0.303 e. The zero-order valence-electron chi connectivity index (χ0n) is 15.1. The van der Waals surface area contributed by atoms with E-state index in [0.29, 0.717) is 16.7 Å². The maximum atomic E-state index is 13.1. The molecule has 0 aliphatic rings. The molecule has 0 amide bonds. The van der Waals surface area contributed by atoms with Crippen LogP contribution in [-0.4, -0.2) is 34.1 Å². The minimum atomic E-state index is -4.49. The molecule has 0 saturated carbocycles. The molecule has 5 aromatic rings. The van der Waals surface area contributed by atoms with Gasteiger partial charge in [-0.25, -0.2) is 14.8 Å². The van der Waals surface area contributed by atoms with Crippen LogP contribution in [0, 0.1) is 0 Å². The highest BCUT2D eigenvalue weighted by molar-refractivity contribution is 5.78. The molecular weight excluding hydrogens is 399 g/mol. The Kier molecular flexibility index (Phi) is 3.91. The summed E-state index contributed by atoms with van der Waals surface area (Å²) in [6.07, 6.45) is 1.54. The van der Waals surface area contributed by atoms with Gasteiger partial charge in [0.25, 0.3) is 0 Å². The first-order chi connectivity index (χ1) is 14.4. The molecule has 0 saturated heterocycles. The molecule has 0 aliphatic heterocycles. The van der Waals surface area contributed by atoms with E-state index < -0.39 is 11.7 Å². The number of pyridine rings is 1. The molecule has 0 unspecified atom stereocenters. The van der Waals surface area contributed by atoms with Crippen LogP contribution in [0.15, 0.2) is 60.0 Å². The van der Waals surface area contributed by atoms with Crippen molar-refractivity contribution in [2.24, 2.45) is 0 Å². The molecule has 1 N–H and O–H groups in total. The number of fused-ring (bicyclic) bond motifs is 2. The molecule has 0 atom stereocenters. The van der Waals surface area contributed by atoms with Crippen LogP contribution in [0.2, 0.25) is 0 Å². The van der Waals surface area contributed by atoms with Crippen molar-refractivity contribution in [2.45, 2.75) is 12.7 Å². The first-order valence-corrected chi connectivity index (χ1v) is 8.79. The van der Waals surface area contributed by atoms with Crippen LogP contribution in [0.1, 0.15) is 11.1 Å². The third-order valence-corrected chi connectivity index (χ3v) is 4.65. The second-order valence-electron chi connectivity index (χ2n) is 6.60. The number of H-pyrrole nitrogens is 1. The molecule has 0 radical (unpaired) electrons. The van der Waals surface area contributed by atoms with Crippen LogP contribution in [0.3, 0.4) is 0 Å². The molecular formula is C19H12F3N7O. The van der Waals surface area contributed by atoms with Gasteiger partial charge in [0.05, 0.1) is 29.3 Å². The van der Waals surface area contributed by atoms with Crippen LogP contribution in [0.5, 0.6) is 0 Å². The SMILES string of the molecule is O=c1[nH]c2cnc(-n3cnc4ccc(C(F)(F)F)cc43)nc2n1Cc1cccnc1. The van der Waals surface area contributed by atoms with Gasteiger partial charge in [-0.15, -0.1) is 0 Å². The van der Waals surface area contributed by atoms with E-state index in [-0.39, 0.29) is 23.7 Å². The number of nitrogens with one attached hydrogen (secondary N) is 1. The molecule has 0 fully saturated rings. The summed E-state index contributed by atoms with van der Waals surface area (Å²) in [5.41, 5.74) is 0.928. The number of halogens is 3. The van der Waals surface area contributed by atoms with Crippen molar-refractivity contribution >= 4 is 22.2 Å². The lowest BCUT2D eigenvalue weighted by Gasteiger charge is -2.08. The number of nitrogens with zero attached hydrogens (tertiary/aromatic N) is 6. The summed E-state index contributed by atoms with van der Waals surface area (Å²) in [5, 5.41) is 0. The van der Waals surface area contributed by atoms with Crippen molar-refractivity contribution in [1.82, 2.24) is 34.1 Å². The van der Waals surface area contributed by atoms with Crippen molar-refractivity contribution in [3.63, 3.8) is 0 Å². The normalized spacial score (nSPS) is 12.1. The van der Waals surface area contributed by atoms with Crippen LogP contribution >= 0.6 is 0 Å². The van der Waals surface area contributed by atoms with E-state index in [0.717, 1.165) is 17.7 Å². The lowest BCUT2D eigenvalue weighted by Crippen LogP contribution is -2.18. The summed E-state index contributed by atoms with van der Waals surface area (Å²) in [6, 6.07) is 6.84. The minimum absolute atomic E-state index is 0.100. The highest BCUT2D eigenvalue weighted by Gasteiger charge is 2.31. The van der Waals surface area contributed by atoms with Gasteiger partial charge < -0.3 is 4.98 Å². The van der Waals surface area contributed by atoms with Crippen LogP contribution in [0.25, 0.3) is 28.1 Å². The second kappa shape index (κ2) is 6.51. The number of aromatic amines is 1. The number of hydrogen-bond acceptors (Lipinski definition) is 5. The van der Waals surface area contributed by atoms with E-state index in [1.54, 1.807) is 18.5 Å². The van der Waals surface area contributed by atoms with Gasteiger partial charge in [0.15, 0.2) is 5.65 Å². The third-order valence-electron chi connectivity index (χ3n) is 4.65. The zero-order valence-corrected chi connectivity index (χ0v) is 15.1. The van der Waals surface area contributed by atoms with Crippen LogP contribution in [0.4, 0.5) is 13.2 Å². The average Bonchev–Trinajstić information content (AvgIpc) is 3.28. The molecule has 11 heteroatoms. The third kappa shape index (κ3) is 3.00. The average molecular weight is 411 g/mol. The second-order valence-corrected chi connectivity index (χ2v) is 6.60. The first-order valence-electron chi connectivity index (χ1n) is 8.79. The highest BCUT2D eigenvalue weighted by Crippen LogP contribution is 2.31. The van der Waals surface area contributed by atoms with E-state index in [1.807, 2.05) is 6.07 Å². The molecule has 1 aromatic carbocycles. The summed E-state index contributed by atoms with van der Waals surface area (Å²) < 4.78 is 42.1. The maximum absolute atomic E-state index is 13.1. The summed E-state index contributed by atoms with van der Waals surface area (Å²) in [5.74, 6) is 0.100. The number of imidazole rings is 2. The standard InChI is InChI=1S/C19H12F3N7O/c20-19(21,22)12-3-4-13-15(6-12)29(10-25-13)17-24-8-14-16(27-17)28(18(30)26-14)9-11-2-1-5-23-7-11/h1-8,10H,9H2,(H,26,30). The predicted molar refractivity (Wildman–Crippen MR) is 101 cm³/mol. The Morgan fingerprint density at radius 2 is 1.97 bits per heavy atom. The number of aromatic nitrogens is 7. The predicted octanol–water partition coefficient (Wildman–Crippen LogP) is 2.92. The fourth-order valence-electron chi connectivity index (χ4n) is 3.22. The maximum Gasteiger partial charge on any atom is 0.416 e. The molecule has 0 spiro atoms. The summed E-state index contributed by atoms with van der Waals surface area (Å²) in [4.78, 5) is 31.8. The molecule has 30 heavy (non-hydrogen) atoms. The van der Waals surface area contributed by atoms with Gasteiger partial charge in [-0.2, -0.15) is 18.2 Å². The molecule has 150 valence electrons. The quantitative estimate of drug-likeness (QED) is 0.493. The van der Waals surface area contributed by atoms with Gasteiger partial charge in [0, 0.05) is 12.4 Å². The van der Waals surface area contributed by atoms with Crippen molar-refractivity contribution in [3.8, 4) is 5.95 Å². The summed E-state index contributed by atoms with van der Waals surface area (Å²) in [7, 11) is 0. The number of alkyl halides is 3. The van der Waals surface area contributed by atoms with E-state index in [9.17, 15) is 18.0 Å². The Hall–Kier alpha value is -4.02. The zero-order chi connectivity index (χ0) is 20.9. The van der Waals surface area contributed by atoms with Crippen molar-refractivity contribution < 1.29 is 13.2 Å². The van der Waals surface area contributed by atoms with Gasteiger partial charge in [-0.3, -0.25) is 14.1 Å². The van der Waals surface area contributed by atoms with Gasteiger partial charge in [-0.05, 0) is 29.8 Å². The van der Waals surface area contributed by atoms with E-state index in [4.69, 9.17) is 0 Å². The molecule has 0 aliphatic carbocycles. The van der Waals surface area contributed by atoms with Gasteiger partial charge in [0.1, 0.15) is 11.8 Å². The summed E-state index contributed by atoms with van der Waals surface area (Å²) >= 11 is 0. The Balaban J connectivity index is 1.65. The monoisotopic (exact) mass is 411 g/mol. The van der Waals surface area contributed by atoms with E-state index in [2.05, 4.69) is 24.9 Å². The summed E-state index contributed by atoms with van der Waals surface area (Å²) in [6.45, 7) is 0.228. The fourth-order valence-corrected chi connectivity index (χ4v) is 3.22. The lowest BCUT2D eigenvalue weighted by molar-refractivity contribution is -0.137. The number of hydrogen-bond donors (Lipinski definition) is 1. The largest absolute Gasteiger partial charge is 0.416 e. The molecule has 0 bridgehead atoms. The van der Waals surface area contributed by atoms with Crippen LogP contribution < -0.4 is 5.69 Å². The van der Waals surface area contributed by atoms with E-state index in [1.165, 1.54) is 27.7 Å². The number of benzene rings is 1. The Bertz CT molecular complexity index is 1430. The number of rotatable bonds is 3. The lowest BCUT2D eigenvalue weighted by atomic mass is 10.2. The Labute approximate surface area is 165 Å². The topological polar surface area (TPSA) is 94.3 Å². The van der Waals surface area contributed by atoms with Crippen molar-refractivity contribution in [3.05, 3.63) is 76.9 Å². The Morgan fingerprint density at radius 1 is 1.10 bits per heavy atom. The molecule has 5 rings (SSSR count). The van der Waals surface area contributed by atoms with E-state index >= 15 is 0 Å². The molecule has 4 heterocycles. The molecule has 8 nitrogen and oxygen atoms in total. The first kappa shape index (κ1) is 18.0. The van der Waals surface area contributed by atoms with Crippen molar-refractivity contribution in [1.29, 1.82) is 0 Å².